The second-order valence-corrected chi connectivity index (χ2v) is 8.50. The topological polar surface area (TPSA) is 67.2 Å². The molecule has 0 saturated heterocycles. The van der Waals surface area contributed by atoms with Crippen LogP contribution in [0.25, 0.3) is 11.1 Å². The molecule has 0 atom stereocenters. The molecule has 6 heteroatoms. The van der Waals surface area contributed by atoms with Crippen molar-refractivity contribution in [3.8, 4) is 11.1 Å². The molecule has 1 aliphatic heterocycles. The van der Waals surface area contributed by atoms with Crippen LogP contribution in [0.5, 0.6) is 0 Å². The van der Waals surface area contributed by atoms with Crippen LogP contribution in [-0.4, -0.2) is 28.1 Å². The summed E-state index contributed by atoms with van der Waals surface area (Å²) >= 11 is 0. The van der Waals surface area contributed by atoms with Gasteiger partial charge in [-0.05, 0) is 58.5 Å². The summed E-state index contributed by atoms with van der Waals surface area (Å²) in [6, 6.07) is 24.1. The van der Waals surface area contributed by atoms with E-state index in [4.69, 9.17) is 0 Å². The summed E-state index contributed by atoms with van der Waals surface area (Å²) in [5.41, 5.74) is 7.00. The van der Waals surface area contributed by atoms with Gasteiger partial charge in [0.15, 0.2) is 0 Å². The fourth-order valence-corrected chi connectivity index (χ4v) is 4.47. The summed E-state index contributed by atoms with van der Waals surface area (Å²) in [5.74, 6) is -0.0876. The number of hydrogen-bond donors (Lipinski definition) is 1. The van der Waals surface area contributed by atoms with E-state index < -0.39 is 0 Å². The molecule has 4 aromatic rings. The monoisotopic (exact) mass is 450 g/mol. The van der Waals surface area contributed by atoms with Gasteiger partial charge in [-0.25, -0.2) is 0 Å². The molecule has 0 fully saturated rings. The molecule has 1 aromatic heterocycles. The van der Waals surface area contributed by atoms with Gasteiger partial charge in [0.25, 0.3) is 5.91 Å². The average molecular weight is 451 g/mol. The Bertz CT molecular complexity index is 1330. The van der Waals surface area contributed by atoms with Crippen LogP contribution in [0.15, 0.2) is 85.2 Å². The number of amides is 2. The minimum Gasteiger partial charge on any atom is -0.348 e. The molecule has 0 bridgehead atoms. The van der Waals surface area contributed by atoms with Crippen molar-refractivity contribution in [2.24, 2.45) is 0 Å². The van der Waals surface area contributed by atoms with Crippen LogP contribution in [0.4, 0.5) is 5.69 Å². The summed E-state index contributed by atoms with van der Waals surface area (Å²) in [4.78, 5) is 26.4. The molecule has 1 N–H and O–H groups in total. The molecule has 0 aliphatic carbocycles. The zero-order chi connectivity index (χ0) is 23.5. The first-order chi connectivity index (χ1) is 16.6. The molecule has 2 amide bonds. The average Bonchev–Trinajstić information content (AvgIpc) is 3.53. The van der Waals surface area contributed by atoms with Crippen molar-refractivity contribution in [3.63, 3.8) is 0 Å². The van der Waals surface area contributed by atoms with Gasteiger partial charge in [0.1, 0.15) is 0 Å². The Morgan fingerprint density at radius 2 is 1.82 bits per heavy atom. The Labute approximate surface area is 198 Å². The molecule has 0 radical (unpaired) electrons. The van der Waals surface area contributed by atoms with Crippen LogP contribution in [0.2, 0.25) is 0 Å². The third kappa shape index (κ3) is 4.48. The minimum absolute atomic E-state index is 0.0296. The minimum atomic E-state index is -0.117. The first kappa shape index (κ1) is 21.6. The van der Waals surface area contributed by atoms with Gasteiger partial charge in [0.05, 0.1) is 6.54 Å². The molecule has 34 heavy (non-hydrogen) atoms. The van der Waals surface area contributed by atoms with Crippen molar-refractivity contribution < 1.29 is 9.59 Å². The first-order valence-electron chi connectivity index (χ1n) is 11.4. The fourth-order valence-electron chi connectivity index (χ4n) is 4.47. The Kier molecular flexibility index (Phi) is 5.95. The van der Waals surface area contributed by atoms with Crippen LogP contribution in [-0.2, 0) is 24.3 Å². The first-order valence-corrected chi connectivity index (χ1v) is 11.4. The number of carbonyl (C=O) groups is 2. The van der Waals surface area contributed by atoms with E-state index in [1.165, 1.54) is 5.56 Å². The van der Waals surface area contributed by atoms with Gasteiger partial charge in [0.2, 0.25) is 5.91 Å². The molecule has 2 heterocycles. The molecule has 170 valence electrons. The molecule has 0 unspecified atom stereocenters. The second kappa shape index (κ2) is 9.35. The molecule has 3 aromatic carbocycles. The number of aromatic nitrogens is 2. The Balaban J connectivity index is 1.28. The van der Waals surface area contributed by atoms with Crippen molar-refractivity contribution in [2.75, 3.05) is 11.4 Å². The predicted molar refractivity (Wildman–Crippen MR) is 133 cm³/mol. The third-order valence-electron chi connectivity index (χ3n) is 6.24. The van der Waals surface area contributed by atoms with Crippen molar-refractivity contribution >= 4 is 17.5 Å². The van der Waals surface area contributed by atoms with Gasteiger partial charge in [-0.15, -0.1) is 0 Å². The molecule has 0 spiro atoms. The standard InChI is InChI=1S/C28H26N4O2/c1-20(33)32-16-13-23-17-24(11-12-27(23)32)28(34)29-18-25-5-2-3-6-26(25)22-9-7-21(8-10-22)19-31-15-4-14-30-31/h2-12,14-15,17H,13,16,18-19H2,1H3,(H,29,34). The smallest absolute Gasteiger partial charge is 0.251 e. The SMILES string of the molecule is CC(=O)N1CCc2cc(C(=O)NCc3ccccc3-c3ccc(Cn4cccn4)cc3)ccc21. The molecular weight excluding hydrogens is 424 g/mol. The lowest BCUT2D eigenvalue weighted by atomic mass is 9.98. The van der Waals surface area contributed by atoms with E-state index in [0.29, 0.717) is 18.7 Å². The van der Waals surface area contributed by atoms with Crippen LogP contribution >= 0.6 is 0 Å². The zero-order valence-electron chi connectivity index (χ0n) is 19.1. The molecule has 1 aliphatic rings. The highest BCUT2D eigenvalue weighted by Crippen LogP contribution is 2.29. The van der Waals surface area contributed by atoms with Gasteiger partial charge >= 0.3 is 0 Å². The van der Waals surface area contributed by atoms with E-state index >= 15 is 0 Å². The van der Waals surface area contributed by atoms with E-state index in [-0.39, 0.29) is 11.8 Å². The van der Waals surface area contributed by atoms with Gasteiger partial charge in [-0.1, -0.05) is 48.5 Å². The van der Waals surface area contributed by atoms with Gasteiger partial charge in [-0.3, -0.25) is 14.3 Å². The van der Waals surface area contributed by atoms with Crippen molar-refractivity contribution in [2.45, 2.75) is 26.4 Å². The van der Waals surface area contributed by atoms with E-state index in [2.05, 4.69) is 40.7 Å². The van der Waals surface area contributed by atoms with Crippen LogP contribution in [0, 0.1) is 0 Å². The summed E-state index contributed by atoms with van der Waals surface area (Å²) in [5, 5.41) is 7.32. The lowest BCUT2D eigenvalue weighted by molar-refractivity contribution is -0.116. The lowest BCUT2D eigenvalue weighted by Gasteiger charge is -2.15. The molecular formula is C28H26N4O2. The largest absolute Gasteiger partial charge is 0.348 e. The van der Waals surface area contributed by atoms with Gasteiger partial charge in [0, 0.05) is 43.7 Å². The maximum atomic E-state index is 12.9. The normalized spacial score (nSPS) is 12.4. The van der Waals surface area contributed by atoms with E-state index in [1.54, 1.807) is 24.1 Å². The highest BCUT2D eigenvalue weighted by Gasteiger charge is 2.23. The number of hydrogen-bond acceptors (Lipinski definition) is 3. The van der Waals surface area contributed by atoms with Gasteiger partial charge in [-0.2, -0.15) is 5.10 Å². The summed E-state index contributed by atoms with van der Waals surface area (Å²) in [6.07, 6.45) is 4.50. The maximum absolute atomic E-state index is 12.9. The summed E-state index contributed by atoms with van der Waals surface area (Å²) in [7, 11) is 0. The fraction of sp³-hybridized carbons (Fsp3) is 0.179. The molecule has 0 saturated carbocycles. The van der Waals surface area contributed by atoms with E-state index in [0.717, 1.165) is 40.9 Å². The number of benzene rings is 3. The van der Waals surface area contributed by atoms with E-state index in [1.807, 2.05) is 47.3 Å². The van der Waals surface area contributed by atoms with Crippen LogP contribution in [0.3, 0.4) is 0 Å². The van der Waals surface area contributed by atoms with Crippen molar-refractivity contribution in [1.82, 2.24) is 15.1 Å². The molecule has 5 rings (SSSR count). The summed E-state index contributed by atoms with van der Waals surface area (Å²) in [6.45, 7) is 3.40. The number of carbonyl (C=O) groups excluding carboxylic acids is 2. The number of anilines is 1. The Morgan fingerprint density at radius 3 is 2.59 bits per heavy atom. The highest BCUT2D eigenvalue weighted by molar-refractivity contribution is 5.97. The zero-order valence-corrected chi connectivity index (χ0v) is 19.1. The van der Waals surface area contributed by atoms with Gasteiger partial charge < -0.3 is 10.2 Å². The number of nitrogens with one attached hydrogen (secondary N) is 1. The van der Waals surface area contributed by atoms with Crippen molar-refractivity contribution in [1.29, 1.82) is 0 Å². The van der Waals surface area contributed by atoms with Crippen LogP contribution in [0.1, 0.15) is 34.0 Å². The predicted octanol–water partition coefficient (Wildman–Crippen LogP) is 4.44. The number of fused-ring (bicyclic) bond motifs is 1. The van der Waals surface area contributed by atoms with Crippen LogP contribution < -0.4 is 10.2 Å². The number of rotatable bonds is 6. The number of nitrogens with zero attached hydrogens (tertiary/aromatic N) is 3. The Morgan fingerprint density at radius 1 is 1.00 bits per heavy atom. The summed E-state index contributed by atoms with van der Waals surface area (Å²) < 4.78 is 1.90. The quantitative estimate of drug-likeness (QED) is 0.472. The highest BCUT2D eigenvalue weighted by atomic mass is 16.2. The Hall–Kier alpha value is -4.19. The lowest BCUT2D eigenvalue weighted by Crippen LogP contribution is -2.26. The van der Waals surface area contributed by atoms with Crippen molar-refractivity contribution in [3.05, 3.63) is 107 Å². The second-order valence-electron chi connectivity index (χ2n) is 8.50. The third-order valence-corrected chi connectivity index (χ3v) is 6.24. The maximum Gasteiger partial charge on any atom is 0.251 e. The molecule has 6 nitrogen and oxygen atoms in total. The van der Waals surface area contributed by atoms with E-state index in [9.17, 15) is 9.59 Å².